The molecule has 2 rings (SSSR count). The monoisotopic (exact) mass is 275 g/mol. The molecule has 1 N–H and O–H groups in total. The average molecular weight is 275 g/mol. The zero-order valence-electron chi connectivity index (χ0n) is 13.2. The molecule has 1 aliphatic carbocycles. The molecule has 0 spiro atoms. The van der Waals surface area contributed by atoms with E-state index in [1.807, 2.05) is 0 Å². The van der Waals surface area contributed by atoms with Crippen molar-refractivity contribution in [1.29, 1.82) is 0 Å². The van der Waals surface area contributed by atoms with Crippen LogP contribution in [0.1, 0.15) is 45.1 Å². The van der Waals surface area contributed by atoms with Crippen LogP contribution in [0.3, 0.4) is 0 Å². The molecule has 20 heavy (non-hydrogen) atoms. The van der Waals surface area contributed by atoms with Crippen molar-refractivity contribution in [2.75, 3.05) is 13.7 Å². The van der Waals surface area contributed by atoms with Crippen LogP contribution in [0.4, 0.5) is 0 Å². The molecule has 112 valence electrons. The summed E-state index contributed by atoms with van der Waals surface area (Å²) >= 11 is 0. The molecule has 1 atom stereocenters. The summed E-state index contributed by atoms with van der Waals surface area (Å²) in [7, 11) is 1.77. The number of benzene rings is 1. The van der Waals surface area contributed by atoms with Gasteiger partial charge in [-0.25, -0.2) is 0 Å². The standard InChI is InChI=1S/C18H29NO/c1-4-14(5-2)16(13-19-17-10-11-17)12-15-8-6-7-9-18(15)20-3/h6-9,14,16-17,19H,4-5,10-13H2,1-3H3. The lowest BCUT2D eigenvalue weighted by Gasteiger charge is -2.26. The number of nitrogens with one attached hydrogen (secondary N) is 1. The van der Waals surface area contributed by atoms with Gasteiger partial charge in [0.25, 0.3) is 0 Å². The van der Waals surface area contributed by atoms with Crippen LogP contribution in [0.15, 0.2) is 24.3 Å². The summed E-state index contributed by atoms with van der Waals surface area (Å²) in [6, 6.07) is 9.26. The van der Waals surface area contributed by atoms with Crippen LogP contribution in [0, 0.1) is 11.8 Å². The topological polar surface area (TPSA) is 21.3 Å². The Labute approximate surface area is 123 Å². The summed E-state index contributed by atoms with van der Waals surface area (Å²) in [6.45, 7) is 5.79. The van der Waals surface area contributed by atoms with Crippen molar-refractivity contribution < 1.29 is 4.74 Å². The molecule has 1 saturated carbocycles. The van der Waals surface area contributed by atoms with Crippen molar-refractivity contribution in [3.05, 3.63) is 29.8 Å². The van der Waals surface area contributed by atoms with Crippen molar-refractivity contribution in [3.63, 3.8) is 0 Å². The first-order valence-corrected chi connectivity index (χ1v) is 8.13. The van der Waals surface area contributed by atoms with E-state index in [0.29, 0.717) is 5.92 Å². The highest BCUT2D eigenvalue weighted by molar-refractivity contribution is 5.33. The largest absolute Gasteiger partial charge is 0.496 e. The first-order valence-electron chi connectivity index (χ1n) is 8.13. The molecular weight excluding hydrogens is 246 g/mol. The van der Waals surface area contributed by atoms with Gasteiger partial charge in [-0.3, -0.25) is 0 Å². The molecule has 0 bridgehead atoms. The molecule has 1 fully saturated rings. The Bertz CT molecular complexity index is 396. The van der Waals surface area contributed by atoms with E-state index >= 15 is 0 Å². The predicted octanol–water partition coefficient (Wildman–Crippen LogP) is 4.04. The van der Waals surface area contributed by atoms with Crippen LogP contribution in [0.25, 0.3) is 0 Å². The highest BCUT2D eigenvalue weighted by Crippen LogP contribution is 2.28. The summed E-state index contributed by atoms with van der Waals surface area (Å²) in [5.74, 6) is 2.54. The maximum atomic E-state index is 5.51. The first-order chi connectivity index (χ1) is 9.78. The molecule has 0 heterocycles. The quantitative estimate of drug-likeness (QED) is 0.734. The number of para-hydroxylation sites is 1. The van der Waals surface area contributed by atoms with Gasteiger partial charge in [-0.2, -0.15) is 0 Å². The molecule has 0 radical (unpaired) electrons. The van der Waals surface area contributed by atoms with E-state index in [4.69, 9.17) is 4.74 Å². The molecule has 2 nitrogen and oxygen atoms in total. The lowest BCUT2D eigenvalue weighted by Crippen LogP contribution is -2.31. The minimum absolute atomic E-state index is 0.710. The Morgan fingerprint density at radius 2 is 1.85 bits per heavy atom. The highest BCUT2D eigenvalue weighted by atomic mass is 16.5. The molecule has 2 heteroatoms. The fraction of sp³-hybridized carbons (Fsp3) is 0.667. The minimum Gasteiger partial charge on any atom is -0.496 e. The van der Waals surface area contributed by atoms with Crippen molar-refractivity contribution in [2.24, 2.45) is 11.8 Å². The van der Waals surface area contributed by atoms with E-state index in [-0.39, 0.29) is 0 Å². The lowest BCUT2D eigenvalue weighted by molar-refractivity contribution is 0.293. The van der Waals surface area contributed by atoms with Gasteiger partial charge in [0, 0.05) is 6.04 Å². The SMILES string of the molecule is CCC(CC)C(CNC1CC1)Cc1ccccc1OC. The molecular formula is C18H29NO. The number of rotatable bonds is 9. The van der Waals surface area contributed by atoms with E-state index in [1.54, 1.807) is 7.11 Å². The second-order valence-electron chi connectivity index (χ2n) is 6.04. The third-order valence-electron chi connectivity index (χ3n) is 4.64. The highest BCUT2D eigenvalue weighted by Gasteiger charge is 2.25. The van der Waals surface area contributed by atoms with E-state index in [9.17, 15) is 0 Å². The van der Waals surface area contributed by atoms with E-state index < -0.39 is 0 Å². The third kappa shape index (κ3) is 4.24. The zero-order chi connectivity index (χ0) is 14.4. The summed E-state index contributed by atoms with van der Waals surface area (Å²) in [5.41, 5.74) is 1.35. The second kappa shape index (κ2) is 7.68. The normalized spacial score (nSPS) is 16.4. The molecule has 1 unspecified atom stereocenters. The fourth-order valence-electron chi connectivity index (χ4n) is 3.12. The van der Waals surface area contributed by atoms with Crippen LogP contribution >= 0.6 is 0 Å². The number of hydrogen-bond acceptors (Lipinski definition) is 2. The van der Waals surface area contributed by atoms with E-state index in [0.717, 1.165) is 30.7 Å². The zero-order valence-corrected chi connectivity index (χ0v) is 13.2. The Morgan fingerprint density at radius 1 is 1.15 bits per heavy atom. The maximum Gasteiger partial charge on any atom is 0.122 e. The van der Waals surface area contributed by atoms with Crippen molar-refractivity contribution in [1.82, 2.24) is 5.32 Å². The molecule has 1 aromatic rings. The van der Waals surface area contributed by atoms with Crippen LogP contribution in [-0.2, 0) is 6.42 Å². The van der Waals surface area contributed by atoms with Crippen molar-refractivity contribution in [2.45, 2.75) is 52.0 Å². The number of hydrogen-bond donors (Lipinski definition) is 1. The predicted molar refractivity (Wildman–Crippen MR) is 85.3 cm³/mol. The first kappa shape index (κ1) is 15.4. The summed E-state index contributed by atoms with van der Waals surface area (Å²) in [5, 5.41) is 3.72. The van der Waals surface area contributed by atoms with Crippen LogP contribution in [-0.4, -0.2) is 19.7 Å². The van der Waals surface area contributed by atoms with Crippen molar-refractivity contribution >= 4 is 0 Å². The van der Waals surface area contributed by atoms with Gasteiger partial charge in [0.15, 0.2) is 0 Å². The summed E-state index contributed by atoms with van der Waals surface area (Å²) in [6.07, 6.45) is 6.38. The Balaban J connectivity index is 2.04. The lowest BCUT2D eigenvalue weighted by atomic mass is 9.83. The Hall–Kier alpha value is -1.02. The maximum absolute atomic E-state index is 5.51. The van der Waals surface area contributed by atoms with Gasteiger partial charge < -0.3 is 10.1 Å². The van der Waals surface area contributed by atoms with Gasteiger partial charge >= 0.3 is 0 Å². The molecule has 1 aliphatic rings. The van der Waals surface area contributed by atoms with Crippen LogP contribution < -0.4 is 10.1 Å². The average Bonchev–Trinajstić information content (AvgIpc) is 3.30. The molecule has 0 amide bonds. The van der Waals surface area contributed by atoms with E-state index in [2.05, 4.69) is 43.4 Å². The molecule has 1 aromatic carbocycles. The molecule has 0 aliphatic heterocycles. The van der Waals surface area contributed by atoms with Gasteiger partial charge in [-0.15, -0.1) is 0 Å². The smallest absolute Gasteiger partial charge is 0.122 e. The van der Waals surface area contributed by atoms with Crippen molar-refractivity contribution in [3.8, 4) is 5.75 Å². The van der Waals surface area contributed by atoms with Gasteiger partial charge in [0.05, 0.1) is 7.11 Å². The Kier molecular flexibility index (Phi) is 5.90. The van der Waals surface area contributed by atoms with Gasteiger partial charge in [0.1, 0.15) is 5.75 Å². The summed E-state index contributed by atoms with van der Waals surface area (Å²) in [4.78, 5) is 0. The summed E-state index contributed by atoms with van der Waals surface area (Å²) < 4.78 is 5.51. The number of methoxy groups -OCH3 is 1. The Morgan fingerprint density at radius 3 is 2.45 bits per heavy atom. The minimum atomic E-state index is 0.710. The fourth-order valence-corrected chi connectivity index (χ4v) is 3.12. The molecule has 0 saturated heterocycles. The number of ether oxygens (including phenoxy) is 1. The van der Waals surface area contributed by atoms with Gasteiger partial charge in [0.2, 0.25) is 0 Å². The third-order valence-corrected chi connectivity index (χ3v) is 4.64. The van der Waals surface area contributed by atoms with E-state index in [1.165, 1.54) is 31.2 Å². The van der Waals surface area contributed by atoms with Crippen LogP contribution in [0.2, 0.25) is 0 Å². The molecule has 0 aromatic heterocycles. The van der Waals surface area contributed by atoms with Crippen LogP contribution in [0.5, 0.6) is 5.75 Å². The van der Waals surface area contributed by atoms with Gasteiger partial charge in [-0.05, 0) is 49.3 Å². The van der Waals surface area contributed by atoms with Gasteiger partial charge in [-0.1, -0.05) is 44.9 Å². The second-order valence-corrected chi connectivity index (χ2v) is 6.04.